The molecule has 0 fully saturated rings. The Bertz CT molecular complexity index is 545. The Labute approximate surface area is 114 Å². The number of imidazole rings is 1. The average Bonchev–Trinajstić information content (AvgIpc) is 2.77. The maximum Gasteiger partial charge on any atom is 0.108 e. The molecule has 0 saturated carbocycles. The lowest BCUT2D eigenvalue weighted by Gasteiger charge is -2.16. The van der Waals surface area contributed by atoms with Crippen molar-refractivity contribution < 1.29 is 5.11 Å². The molecule has 1 heterocycles. The molecule has 1 aromatic carbocycles. The van der Waals surface area contributed by atoms with E-state index in [4.69, 9.17) is 0 Å². The Kier molecular flexibility index (Phi) is 4.38. The molecule has 3 nitrogen and oxygen atoms in total. The summed E-state index contributed by atoms with van der Waals surface area (Å²) in [5.74, 6) is 1.05. The van der Waals surface area contributed by atoms with Crippen molar-refractivity contribution in [3.63, 3.8) is 0 Å². The fourth-order valence-electron chi connectivity index (χ4n) is 2.44. The Hall–Kier alpha value is -1.61. The number of aromatic nitrogens is 2. The van der Waals surface area contributed by atoms with Crippen LogP contribution in [0.1, 0.15) is 42.0 Å². The summed E-state index contributed by atoms with van der Waals surface area (Å²) < 4.78 is 2.05. The van der Waals surface area contributed by atoms with Crippen molar-refractivity contribution in [3.8, 4) is 0 Å². The molecule has 3 heteroatoms. The third-order valence-electron chi connectivity index (χ3n) is 3.43. The van der Waals surface area contributed by atoms with Crippen LogP contribution in [0.3, 0.4) is 0 Å². The minimum Gasteiger partial charge on any atom is -0.387 e. The summed E-state index contributed by atoms with van der Waals surface area (Å²) in [7, 11) is 0. The van der Waals surface area contributed by atoms with E-state index < -0.39 is 6.10 Å². The first kappa shape index (κ1) is 13.8. The summed E-state index contributed by atoms with van der Waals surface area (Å²) in [6.07, 6.45) is 5.28. The number of aryl methyl sites for hydroxylation is 3. The van der Waals surface area contributed by atoms with E-state index in [1.807, 2.05) is 29.8 Å². The standard InChI is InChI=1S/C16H22N2O/c1-4-5-16-17-8-9-18(16)11-15(19)14-7-6-12(2)10-13(14)3/h6-10,15,19H,4-5,11H2,1-3H3. The summed E-state index contributed by atoms with van der Waals surface area (Å²) >= 11 is 0. The lowest BCUT2D eigenvalue weighted by Crippen LogP contribution is -2.12. The van der Waals surface area contributed by atoms with Gasteiger partial charge >= 0.3 is 0 Å². The summed E-state index contributed by atoms with van der Waals surface area (Å²) in [4.78, 5) is 4.34. The second-order valence-corrected chi connectivity index (χ2v) is 5.12. The Morgan fingerprint density at radius 2 is 2.11 bits per heavy atom. The molecule has 0 aliphatic rings. The minimum absolute atomic E-state index is 0.481. The van der Waals surface area contributed by atoms with Crippen LogP contribution in [0.25, 0.3) is 0 Å². The maximum absolute atomic E-state index is 10.4. The first-order valence-electron chi connectivity index (χ1n) is 6.87. The summed E-state index contributed by atoms with van der Waals surface area (Å²) in [5.41, 5.74) is 3.37. The molecular formula is C16H22N2O. The second-order valence-electron chi connectivity index (χ2n) is 5.12. The SMILES string of the molecule is CCCc1nccn1CC(O)c1ccc(C)cc1C. The molecule has 0 aliphatic heterocycles. The number of aliphatic hydroxyl groups is 1. The molecule has 1 atom stereocenters. The van der Waals surface area contributed by atoms with Crippen LogP contribution in [-0.2, 0) is 13.0 Å². The van der Waals surface area contributed by atoms with Crippen LogP contribution in [-0.4, -0.2) is 14.7 Å². The molecule has 2 aromatic rings. The summed E-state index contributed by atoms with van der Waals surface area (Å²) in [6.45, 7) is 6.82. The molecule has 2 rings (SSSR count). The zero-order valence-corrected chi connectivity index (χ0v) is 11.9. The smallest absolute Gasteiger partial charge is 0.108 e. The molecule has 1 unspecified atom stereocenters. The third-order valence-corrected chi connectivity index (χ3v) is 3.43. The largest absolute Gasteiger partial charge is 0.387 e. The van der Waals surface area contributed by atoms with Crippen LogP contribution < -0.4 is 0 Å². The Morgan fingerprint density at radius 1 is 1.32 bits per heavy atom. The van der Waals surface area contributed by atoms with E-state index in [0.29, 0.717) is 6.54 Å². The molecule has 0 bridgehead atoms. The van der Waals surface area contributed by atoms with E-state index in [0.717, 1.165) is 29.8 Å². The van der Waals surface area contributed by atoms with Crippen molar-refractivity contribution in [1.29, 1.82) is 0 Å². The highest BCUT2D eigenvalue weighted by atomic mass is 16.3. The highest BCUT2D eigenvalue weighted by Gasteiger charge is 2.13. The predicted molar refractivity (Wildman–Crippen MR) is 77.1 cm³/mol. The van der Waals surface area contributed by atoms with Crippen molar-refractivity contribution >= 4 is 0 Å². The molecule has 0 radical (unpaired) electrons. The van der Waals surface area contributed by atoms with E-state index in [1.54, 1.807) is 6.20 Å². The van der Waals surface area contributed by atoms with Gasteiger partial charge in [0.15, 0.2) is 0 Å². The zero-order valence-electron chi connectivity index (χ0n) is 11.9. The third kappa shape index (κ3) is 3.24. The van der Waals surface area contributed by atoms with Gasteiger partial charge in [0.05, 0.1) is 12.6 Å². The van der Waals surface area contributed by atoms with Gasteiger partial charge in [-0.3, -0.25) is 0 Å². The quantitative estimate of drug-likeness (QED) is 0.894. The molecule has 1 N–H and O–H groups in total. The van der Waals surface area contributed by atoms with Gasteiger partial charge in [0.25, 0.3) is 0 Å². The first-order chi connectivity index (χ1) is 9.11. The Balaban J connectivity index is 2.16. The first-order valence-corrected chi connectivity index (χ1v) is 6.87. The summed E-state index contributed by atoms with van der Waals surface area (Å²) in [5, 5.41) is 10.4. The van der Waals surface area contributed by atoms with Crippen molar-refractivity contribution in [2.75, 3.05) is 0 Å². The van der Waals surface area contributed by atoms with Crippen LogP contribution in [0.5, 0.6) is 0 Å². The van der Waals surface area contributed by atoms with E-state index in [9.17, 15) is 5.11 Å². The fourth-order valence-corrected chi connectivity index (χ4v) is 2.44. The number of nitrogens with zero attached hydrogens (tertiary/aromatic N) is 2. The highest BCUT2D eigenvalue weighted by molar-refractivity contribution is 5.31. The van der Waals surface area contributed by atoms with Crippen molar-refractivity contribution in [2.24, 2.45) is 0 Å². The average molecular weight is 258 g/mol. The predicted octanol–water partition coefficient (Wildman–Crippen LogP) is 3.19. The number of hydrogen-bond donors (Lipinski definition) is 1. The monoisotopic (exact) mass is 258 g/mol. The lowest BCUT2D eigenvalue weighted by atomic mass is 10.0. The van der Waals surface area contributed by atoms with Gasteiger partial charge in [0, 0.05) is 18.8 Å². The number of hydrogen-bond acceptors (Lipinski definition) is 2. The van der Waals surface area contributed by atoms with Crippen molar-refractivity contribution in [1.82, 2.24) is 9.55 Å². The minimum atomic E-state index is -0.481. The summed E-state index contributed by atoms with van der Waals surface area (Å²) in [6, 6.07) is 6.18. The van der Waals surface area contributed by atoms with Gasteiger partial charge in [-0.15, -0.1) is 0 Å². The van der Waals surface area contributed by atoms with Crippen LogP contribution in [0.4, 0.5) is 0 Å². The van der Waals surface area contributed by atoms with Gasteiger partial charge in [0.2, 0.25) is 0 Å². The molecule has 0 aliphatic carbocycles. The number of aliphatic hydroxyl groups excluding tert-OH is 1. The topological polar surface area (TPSA) is 38.0 Å². The van der Waals surface area contributed by atoms with Gasteiger partial charge in [-0.05, 0) is 31.4 Å². The van der Waals surface area contributed by atoms with E-state index in [-0.39, 0.29) is 0 Å². The highest BCUT2D eigenvalue weighted by Crippen LogP contribution is 2.21. The normalized spacial score (nSPS) is 12.6. The lowest BCUT2D eigenvalue weighted by molar-refractivity contribution is 0.154. The van der Waals surface area contributed by atoms with Gasteiger partial charge in [0.1, 0.15) is 5.82 Å². The molecule has 0 saturated heterocycles. The van der Waals surface area contributed by atoms with Crippen LogP contribution in [0.2, 0.25) is 0 Å². The maximum atomic E-state index is 10.4. The van der Waals surface area contributed by atoms with Crippen LogP contribution in [0.15, 0.2) is 30.6 Å². The molecule has 0 amide bonds. The Morgan fingerprint density at radius 3 is 2.79 bits per heavy atom. The van der Waals surface area contributed by atoms with Gasteiger partial charge in [-0.1, -0.05) is 30.7 Å². The number of rotatable bonds is 5. The van der Waals surface area contributed by atoms with Gasteiger partial charge in [-0.2, -0.15) is 0 Å². The van der Waals surface area contributed by atoms with Crippen LogP contribution in [0, 0.1) is 13.8 Å². The van der Waals surface area contributed by atoms with E-state index >= 15 is 0 Å². The molecular weight excluding hydrogens is 236 g/mol. The van der Waals surface area contributed by atoms with E-state index in [2.05, 4.69) is 24.9 Å². The van der Waals surface area contributed by atoms with Crippen LogP contribution >= 0.6 is 0 Å². The molecule has 1 aromatic heterocycles. The molecule has 19 heavy (non-hydrogen) atoms. The van der Waals surface area contributed by atoms with E-state index in [1.165, 1.54) is 5.56 Å². The van der Waals surface area contributed by atoms with Gasteiger partial charge < -0.3 is 9.67 Å². The zero-order chi connectivity index (χ0) is 13.8. The molecule has 102 valence electrons. The van der Waals surface area contributed by atoms with Gasteiger partial charge in [-0.25, -0.2) is 4.98 Å². The van der Waals surface area contributed by atoms with Crippen molar-refractivity contribution in [3.05, 3.63) is 53.1 Å². The molecule has 0 spiro atoms. The second kappa shape index (κ2) is 6.02. The number of benzene rings is 1. The van der Waals surface area contributed by atoms with Crippen molar-refractivity contribution in [2.45, 2.75) is 46.3 Å². The fraction of sp³-hybridized carbons (Fsp3) is 0.438.